The van der Waals surface area contributed by atoms with Crippen LogP contribution in [0.5, 0.6) is 0 Å². The Hall–Kier alpha value is -2.85. The molecule has 160 valence electrons. The third kappa shape index (κ3) is 5.19. The van der Waals surface area contributed by atoms with Crippen molar-refractivity contribution in [2.24, 2.45) is 0 Å². The Morgan fingerprint density at radius 2 is 1.93 bits per heavy atom. The molecule has 1 amide bonds. The predicted molar refractivity (Wildman–Crippen MR) is 104 cm³/mol. The number of hydroxylamine groups is 1. The van der Waals surface area contributed by atoms with Crippen molar-refractivity contribution >= 4 is 23.3 Å². The summed E-state index contributed by atoms with van der Waals surface area (Å²) in [7, 11) is 1.25. The number of alkyl halides is 3. The number of rotatable bonds is 7. The van der Waals surface area contributed by atoms with E-state index in [0.29, 0.717) is 16.3 Å². The van der Waals surface area contributed by atoms with Crippen LogP contribution in [0.3, 0.4) is 0 Å². The van der Waals surface area contributed by atoms with Crippen LogP contribution >= 0.6 is 11.6 Å². The van der Waals surface area contributed by atoms with Gasteiger partial charge in [-0.3, -0.25) is 18.8 Å². The maximum atomic E-state index is 12.8. The molecule has 0 unspecified atom stereocenters. The van der Waals surface area contributed by atoms with Gasteiger partial charge >= 0.3 is 6.18 Å². The number of carbonyl (C=O) groups is 1. The van der Waals surface area contributed by atoms with Crippen molar-refractivity contribution in [2.45, 2.75) is 32.0 Å². The number of carbonyl (C=O) groups excluding carboxylic acids is 1. The lowest BCUT2D eigenvalue weighted by Gasteiger charge is -2.12. The number of aryl methyl sites for hydroxylation is 1. The highest BCUT2D eigenvalue weighted by molar-refractivity contribution is 6.30. The van der Waals surface area contributed by atoms with E-state index in [9.17, 15) is 22.8 Å². The molecule has 7 nitrogen and oxygen atoms in total. The molecule has 0 spiro atoms. The van der Waals surface area contributed by atoms with Crippen LogP contribution in [0.1, 0.15) is 18.4 Å². The third-order valence-corrected chi connectivity index (χ3v) is 4.57. The van der Waals surface area contributed by atoms with E-state index in [1.807, 2.05) is 0 Å². The largest absolute Gasteiger partial charge is 0.389 e. The highest BCUT2D eigenvalue weighted by Gasteiger charge is 2.26. The second kappa shape index (κ2) is 8.88. The molecule has 3 aromatic rings. The van der Waals surface area contributed by atoms with E-state index >= 15 is 0 Å². The summed E-state index contributed by atoms with van der Waals surface area (Å²) in [4.78, 5) is 33.7. The minimum atomic E-state index is -4.29. The summed E-state index contributed by atoms with van der Waals surface area (Å²) in [6.07, 6.45) is -2.91. The van der Waals surface area contributed by atoms with E-state index < -0.39 is 24.1 Å². The first-order valence-electron chi connectivity index (χ1n) is 8.94. The van der Waals surface area contributed by atoms with Gasteiger partial charge in [-0.15, -0.1) is 0 Å². The second-order valence-electron chi connectivity index (χ2n) is 6.58. The van der Waals surface area contributed by atoms with Gasteiger partial charge in [0.15, 0.2) is 0 Å². The Labute approximate surface area is 174 Å². The number of halogens is 4. The normalized spacial score (nSPS) is 11.8. The van der Waals surface area contributed by atoms with Gasteiger partial charge in [0.05, 0.1) is 19.2 Å². The molecule has 0 saturated heterocycles. The molecule has 1 N–H and O–H groups in total. The first-order chi connectivity index (χ1) is 14.2. The summed E-state index contributed by atoms with van der Waals surface area (Å²) in [6, 6.07) is 6.76. The van der Waals surface area contributed by atoms with E-state index in [1.54, 1.807) is 24.3 Å². The summed E-state index contributed by atoms with van der Waals surface area (Å²) in [5, 5.41) is 0.528. The molecule has 1 aromatic carbocycles. The summed E-state index contributed by atoms with van der Waals surface area (Å²) >= 11 is 5.90. The smallest absolute Gasteiger partial charge is 0.318 e. The first-order valence-corrected chi connectivity index (χ1v) is 9.31. The molecular formula is C19H18ClF3N4O3. The van der Waals surface area contributed by atoms with Crippen molar-refractivity contribution in [1.29, 1.82) is 0 Å². The molecule has 0 atom stereocenters. The lowest BCUT2D eigenvalue weighted by molar-refractivity contribution is -0.136. The molecule has 2 aromatic heterocycles. The van der Waals surface area contributed by atoms with E-state index in [0.717, 1.165) is 0 Å². The first kappa shape index (κ1) is 21.8. The fourth-order valence-electron chi connectivity index (χ4n) is 3.00. The number of amides is 1. The number of imidazole rings is 1. The Morgan fingerprint density at radius 1 is 1.23 bits per heavy atom. The predicted octanol–water partition coefficient (Wildman–Crippen LogP) is 3.38. The van der Waals surface area contributed by atoms with Gasteiger partial charge in [-0.25, -0.2) is 10.5 Å². The van der Waals surface area contributed by atoms with Crippen LogP contribution in [0, 0.1) is 0 Å². The van der Waals surface area contributed by atoms with Crippen LogP contribution < -0.4 is 11.0 Å². The van der Waals surface area contributed by atoms with E-state index in [-0.39, 0.29) is 30.7 Å². The fourth-order valence-corrected chi connectivity index (χ4v) is 3.12. The van der Waals surface area contributed by atoms with Crippen molar-refractivity contribution in [3.05, 3.63) is 57.6 Å². The van der Waals surface area contributed by atoms with Crippen LogP contribution in [0.25, 0.3) is 17.0 Å². The molecule has 0 aliphatic carbocycles. The summed E-state index contributed by atoms with van der Waals surface area (Å²) in [5.74, 6) is -0.378. The van der Waals surface area contributed by atoms with Crippen molar-refractivity contribution in [3.63, 3.8) is 0 Å². The standard InChI is InChI=1S/C19H18ClF3N4O3/c1-30-25-16(28)9-13-10-26(8-2-7-19(21,22)23)18-24-15(11-27(18)17(13)29)12-3-5-14(20)6-4-12/h3-6,10-11H,2,7-9H2,1H3,(H,25,28). The average molecular weight is 443 g/mol. The molecule has 0 radical (unpaired) electrons. The zero-order chi connectivity index (χ0) is 21.9. The van der Waals surface area contributed by atoms with Gasteiger partial charge < -0.3 is 4.57 Å². The molecule has 0 aliphatic rings. The lowest BCUT2D eigenvalue weighted by Crippen LogP contribution is -2.29. The highest BCUT2D eigenvalue weighted by atomic mass is 35.5. The van der Waals surface area contributed by atoms with Crippen LogP contribution in [0.4, 0.5) is 13.2 Å². The Bertz CT molecular complexity index is 1110. The monoisotopic (exact) mass is 442 g/mol. The highest BCUT2D eigenvalue weighted by Crippen LogP contribution is 2.23. The van der Waals surface area contributed by atoms with E-state index in [2.05, 4.69) is 15.3 Å². The number of fused-ring (bicyclic) bond motifs is 1. The van der Waals surface area contributed by atoms with Crippen molar-refractivity contribution in [3.8, 4) is 11.3 Å². The zero-order valence-corrected chi connectivity index (χ0v) is 16.6. The van der Waals surface area contributed by atoms with Crippen LogP contribution in [-0.2, 0) is 22.6 Å². The lowest BCUT2D eigenvalue weighted by atomic mass is 10.2. The van der Waals surface area contributed by atoms with Gasteiger partial charge in [0.1, 0.15) is 0 Å². The third-order valence-electron chi connectivity index (χ3n) is 4.32. The van der Waals surface area contributed by atoms with Crippen molar-refractivity contribution in [2.75, 3.05) is 7.11 Å². The van der Waals surface area contributed by atoms with Gasteiger partial charge in [0.25, 0.3) is 5.56 Å². The molecule has 2 heterocycles. The van der Waals surface area contributed by atoms with Crippen LogP contribution in [-0.4, -0.2) is 33.1 Å². The Morgan fingerprint density at radius 3 is 2.57 bits per heavy atom. The molecule has 30 heavy (non-hydrogen) atoms. The minimum Gasteiger partial charge on any atom is -0.318 e. The number of hydrogen-bond acceptors (Lipinski definition) is 4. The van der Waals surface area contributed by atoms with Crippen molar-refractivity contribution < 1.29 is 22.8 Å². The second-order valence-corrected chi connectivity index (χ2v) is 7.02. The number of hydrogen-bond donors (Lipinski definition) is 1. The maximum absolute atomic E-state index is 12.8. The molecule has 0 bridgehead atoms. The summed E-state index contributed by atoms with van der Waals surface area (Å²) < 4.78 is 40.4. The molecule has 0 saturated carbocycles. The van der Waals surface area contributed by atoms with Gasteiger partial charge in [-0.1, -0.05) is 23.7 Å². The molecule has 3 rings (SSSR count). The molecule has 0 fully saturated rings. The zero-order valence-electron chi connectivity index (χ0n) is 15.9. The number of nitrogens with one attached hydrogen (secondary N) is 1. The van der Waals surface area contributed by atoms with E-state index in [4.69, 9.17) is 11.6 Å². The van der Waals surface area contributed by atoms with Gasteiger partial charge in [-0.05, 0) is 18.6 Å². The molecular weight excluding hydrogens is 425 g/mol. The summed E-state index contributed by atoms with van der Waals surface area (Å²) in [6.45, 7) is -0.0285. The average Bonchev–Trinajstić information content (AvgIpc) is 3.11. The Kier molecular flexibility index (Phi) is 6.47. The van der Waals surface area contributed by atoms with Crippen LogP contribution in [0.2, 0.25) is 5.02 Å². The number of benzene rings is 1. The SMILES string of the molecule is CONC(=O)Cc1cn(CCCC(F)(F)F)c2nc(-c3ccc(Cl)cc3)cn2c1=O. The fraction of sp³-hybridized carbons (Fsp3) is 0.316. The van der Waals surface area contributed by atoms with Gasteiger partial charge in [0, 0.05) is 41.5 Å². The molecule has 0 aliphatic heterocycles. The van der Waals surface area contributed by atoms with Gasteiger partial charge in [-0.2, -0.15) is 13.2 Å². The quantitative estimate of drug-likeness (QED) is 0.569. The maximum Gasteiger partial charge on any atom is 0.389 e. The summed E-state index contributed by atoms with van der Waals surface area (Å²) in [5.41, 5.74) is 2.86. The van der Waals surface area contributed by atoms with E-state index in [1.165, 1.54) is 28.5 Å². The topological polar surface area (TPSA) is 77.6 Å². The minimum absolute atomic E-state index is 0.0285. The van der Waals surface area contributed by atoms with Gasteiger partial charge in [0.2, 0.25) is 11.7 Å². The number of nitrogens with zero attached hydrogens (tertiary/aromatic N) is 3. The number of aromatic nitrogens is 3. The molecule has 11 heteroatoms. The van der Waals surface area contributed by atoms with Crippen molar-refractivity contribution in [1.82, 2.24) is 19.4 Å². The van der Waals surface area contributed by atoms with Crippen LogP contribution in [0.15, 0.2) is 41.5 Å². The Balaban J connectivity index is 2.05.